The van der Waals surface area contributed by atoms with Crippen molar-refractivity contribution in [2.24, 2.45) is 0 Å². The van der Waals surface area contributed by atoms with Crippen LogP contribution < -0.4 is 0 Å². The average molecular weight is 141 g/mol. The summed E-state index contributed by atoms with van der Waals surface area (Å²) in [6.45, 7) is 0. The smallest absolute Gasteiger partial charge is 0.118 e. The summed E-state index contributed by atoms with van der Waals surface area (Å²) in [4.78, 5) is 2.16. The molecule has 0 spiro atoms. The topological polar surface area (TPSA) is 23.5 Å². The summed E-state index contributed by atoms with van der Waals surface area (Å²) in [5.74, 6) is 0. The summed E-state index contributed by atoms with van der Waals surface area (Å²) in [5, 5.41) is 9.92. The molecule has 2 bridgehead atoms. The fourth-order valence-corrected chi connectivity index (χ4v) is 2.37. The van der Waals surface area contributed by atoms with Crippen LogP contribution in [0.5, 0.6) is 0 Å². The largest absolute Gasteiger partial charge is 0.376 e. The second-order valence-electron chi connectivity index (χ2n) is 3.68. The molecule has 10 heavy (non-hydrogen) atoms. The minimum absolute atomic E-state index is 0.414. The maximum absolute atomic E-state index is 9.92. The second kappa shape index (κ2) is 1.95. The molecule has 2 rings (SSSR count). The van der Waals surface area contributed by atoms with Crippen molar-refractivity contribution in [3.8, 4) is 0 Å². The van der Waals surface area contributed by atoms with E-state index in [0.717, 1.165) is 12.8 Å². The van der Waals surface area contributed by atoms with Crippen molar-refractivity contribution in [1.29, 1.82) is 0 Å². The summed E-state index contributed by atoms with van der Waals surface area (Å²) < 4.78 is 0. The zero-order valence-electron chi connectivity index (χ0n) is 6.51. The van der Waals surface area contributed by atoms with Crippen molar-refractivity contribution in [2.75, 3.05) is 7.05 Å². The zero-order valence-corrected chi connectivity index (χ0v) is 6.51. The molecule has 2 nitrogen and oxygen atoms in total. The third kappa shape index (κ3) is 0.722. The molecule has 2 aliphatic rings. The first-order chi connectivity index (χ1) is 4.72. The standard InChI is InChI=1S/C8H15NO/c1-9-7-3-2-5-8(9,10)6-4-7/h7,10H,2-6H2,1H3/t7-,8-/m0/s1. The Kier molecular flexibility index (Phi) is 1.29. The minimum atomic E-state index is -0.414. The molecule has 2 heteroatoms. The van der Waals surface area contributed by atoms with Crippen molar-refractivity contribution in [2.45, 2.75) is 43.9 Å². The van der Waals surface area contributed by atoms with Gasteiger partial charge in [-0.05, 0) is 39.2 Å². The van der Waals surface area contributed by atoms with Crippen LogP contribution in [0.4, 0.5) is 0 Å². The Balaban J connectivity index is 2.21. The first-order valence-electron chi connectivity index (χ1n) is 4.18. The number of hydrogen-bond donors (Lipinski definition) is 1. The first-order valence-corrected chi connectivity index (χ1v) is 4.18. The van der Waals surface area contributed by atoms with Gasteiger partial charge in [-0.3, -0.25) is 4.90 Å². The molecule has 58 valence electrons. The van der Waals surface area contributed by atoms with E-state index < -0.39 is 5.72 Å². The number of aliphatic hydroxyl groups is 1. The van der Waals surface area contributed by atoms with Gasteiger partial charge in [-0.1, -0.05) is 0 Å². The molecule has 2 atom stereocenters. The molecular formula is C8H15NO. The number of piperidine rings is 1. The van der Waals surface area contributed by atoms with E-state index >= 15 is 0 Å². The van der Waals surface area contributed by atoms with Crippen molar-refractivity contribution in [3.63, 3.8) is 0 Å². The molecule has 0 aromatic carbocycles. The van der Waals surface area contributed by atoms with E-state index in [0.29, 0.717) is 6.04 Å². The molecule has 2 saturated heterocycles. The van der Waals surface area contributed by atoms with Crippen molar-refractivity contribution < 1.29 is 5.11 Å². The van der Waals surface area contributed by atoms with Crippen molar-refractivity contribution in [3.05, 3.63) is 0 Å². The first kappa shape index (κ1) is 6.62. The van der Waals surface area contributed by atoms with Crippen molar-refractivity contribution >= 4 is 0 Å². The molecule has 2 aliphatic heterocycles. The summed E-state index contributed by atoms with van der Waals surface area (Å²) in [6.07, 6.45) is 5.69. The van der Waals surface area contributed by atoms with Gasteiger partial charge in [0.2, 0.25) is 0 Å². The van der Waals surface area contributed by atoms with Crippen LogP contribution in [0, 0.1) is 0 Å². The van der Waals surface area contributed by atoms with Gasteiger partial charge in [-0.15, -0.1) is 0 Å². The molecular weight excluding hydrogens is 126 g/mol. The van der Waals surface area contributed by atoms with Crippen LogP contribution in [0.2, 0.25) is 0 Å². The van der Waals surface area contributed by atoms with Crippen LogP contribution in [0.3, 0.4) is 0 Å². The molecule has 0 saturated carbocycles. The molecule has 0 unspecified atom stereocenters. The molecule has 0 aromatic rings. The van der Waals surface area contributed by atoms with Crippen LogP contribution >= 0.6 is 0 Å². The lowest BCUT2D eigenvalue weighted by Gasteiger charge is -2.38. The average Bonchev–Trinajstić information content (AvgIpc) is 2.18. The lowest BCUT2D eigenvalue weighted by Crippen LogP contribution is -2.47. The Labute approximate surface area is 61.8 Å². The second-order valence-corrected chi connectivity index (χ2v) is 3.68. The van der Waals surface area contributed by atoms with Gasteiger partial charge in [0.25, 0.3) is 0 Å². The van der Waals surface area contributed by atoms with Crippen LogP contribution in [-0.2, 0) is 0 Å². The zero-order chi connectivity index (χ0) is 7.19. The molecule has 1 N–H and O–H groups in total. The Morgan fingerprint density at radius 2 is 2.20 bits per heavy atom. The van der Waals surface area contributed by atoms with E-state index in [9.17, 15) is 5.11 Å². The van der Waals surface area contributed by atoms with E-state index in [2.05, 4.69) is 11.9 Å². The fourth-order valence-electron chi connectivity index (χ4n) is 2.37. The summed E-state index contributed by atoms with van der Waals surface area (Å²) >= 11 is 0. The maximum Gasteiger partial charge on any atom is 0.118 e. The van der Waals surface area contributed by atoms with Gasteiger partial charge >= 0.3 is 0 Å². The van der Waals surface area contributed by atoms with E-state index in [1.165, 1.54) is 19.3 Å². The third-order valence-electron chi connectivity index (χ3n) is 3.20. The molecule has 0 radical (unpaired) electrons. The summed E-state index contributed by atoms with van der Waals surface area (Å²) in [6, 6.07) is 0.679. The number of hydrogen-bond acceptors (Lipinski definition) is 2. The van der Waals surface area contributed by atoms with E-state index in [1.807, 2.05) is 0 Å². The highest BCUT2D eigenvalue weighted by Gasteiger charge is 2.44. The van der Waals surface area contributed by atoms with Crippen LogP contribution in [0.15, 0.2) is 0 Å². The minimum Gasteiger partial charge on any atom is -0.376 e. The lowest BCUT2D eigenvalue weighted by atomic mass is 10.0. The summed E-state index contributed by atoms with van der Waals surface area (Å²) in [5.41, 5.74) is -0.414. The Hall–Kier alpha value is -0.0800. The quantitative estimate of drug-likeness (QED) is 0.543. The van der Waals surface area contributed by atoms with Crippen LogP contribution in [0.25, 0.3) is 0 Å². The molecule has 2 fully saturated rings. The lowest BCUT2D eigenvalue weighted by molar-refractivity contribution is -0.104. The van der Waals surface area contributed by atoms with E-state index in [1.54, 1.807) is 0 Å². The van der Waals surface area contributed by atoms with Gasteiger partial charge in [0, 0.05) is 6.04 Å². The fraction of sp³-hybridized carbons (Fsp3) is 1.00. The van der Waals surface area contributed by atoms with Gasteiger partial charge in [0.1, 0.15) is 5.72 Å². The van der Waals surface area contributed by atoms with Crippen molar-refractivity contribution in [1.82, 2.24) is 4.90 Å². The molecule has 0 amide bonds. The van der Waals surface area contributed by atoms with Gasteiger partial charge in [0.15, 0.2) is 0 Å². The van der Waals surface area contributed by atoms with Crippen LogP contribution in [-0.4, -0.2) is 28.8 Å². The molecule has 2 heterocycles. The third-order valence-corrected chi connectivity index (χ3v) is 3.20. The Bertz CT molecular complexity index is 144. The highest BCUT2D eigenvalue weighted by atomic mass is 16.3. The normalized spacial score (nSPS) is 48.0. The molecule has 0 aromatic heterocycles. The number of rotatable bonds is 0. The van der Waals surface area contributed by atoms with Gasteiger partial charge < -0.3 is 5.11 Å². The molecule has 0 aliphatic carbocycles. The monoisotopic (exact) mass is 141 g/mol. The number of nitrogens with zero attached hydrogens (tertiary/aromatic N) is 1. The highest BCUT2D eigenvalue weighted by Crippen LogP contribution is 2.40. The van der Waals surface area contributed by atoms with Crippen LogP contribution in [0.1, 0.15) is 32.1 Å². The summed E-state index contributed by atoms with van der Waals surface area (Å²) in [7, 11) is 2.05. The number of fused-ring (bicyclic) bond motifs is 2. The van der Waals surface area contributed by atoms with E-state index in [-0.39, 0.29) is 0 Å². The van der Waals surface area contributed by atoms with Gasteiger partial charge in [-0.25, -0.2) is 0 Å². The Morgan fingerprint density at radius 3 is 2.80 bits per heavy atom. The highest BCUT2D eigenvalue weighted by molar-refractivity contribution is 4.94. The predicted octanol–water partition coefficient (Wildman–Crippen LogP) is 0.953. The predicted molar refractivity (Wildman–Crippen MR) is 39.6 cm³/mol. The maximum atomic E-state index is 9.92. The Morgan fingerprint density at radius 1 is 1.40 bits per heavy atom. The SMILES string of the molecule is CN1[C@H]2CCC[C@]1(O)CC2. The van der Waals surface area contributed by atoms with E-state index in [4.69, 9.17) is 0 Å². The van der Waals surface area contributed by atoms with Gasteiger partial charge in [0.05, 0.1) is 0 Å². The van der Waals surface area contributed by atoms with Gasteiger partial charge in [-0.2, -0.15) is 0 Å².